The Morgan fingerprint density at radius 3 is 1.70 bits per heavy atom. The van der Waals surface area contributed by atoms with Gasteiger partial charge in [-0.3, -0.25) is 42.9 Å². The molecule has 1 aliphatic carbocycles. The topological polar surface area (TPSA) is 340 Å². The number of phenolic OH excluding ortho intramolecular Hbond substituents is 1. The molecular weight excluding hydrogens is 1050 g/mol. The molecule has 4 aromatic carbocycles. The van der Waals surface area contributed by atoms with Gasteiger partial charge in [-0.2, -0.15) is 16.8 Å². The maximum atomic E-state index is 13.1. The molecule has 4 aromatic rings. The predicted molar refractivity (Wildman–Crippen MR) is 285 cm³/mol. The van der Waals surface area contributed by atoms with Gasteiger partial charge in [0.1, 0.15) is 17.1 Å². The second-order valence-corrected chi connectivity index (χ2v) is 20.9. The Labute approximate surface area is 441 Å². The molecule has 402 valence electrons. The number of carboxylic acid groups (broad SMARTS) is 2. The van der Waals surface area contributed by atoms with Gasteiger partial charge in [0.2, 0.25) is 17.7 Å². The molecule has 0 aromatic heterocycles. The van der Waals surface area contributed by atoms with E-state index in [0.29, 0.717) is 45.6 Å². The first-order valence-corrected chi connectivity index (χ1v) is 26.9. The summed E-state index contributed by atoms with van der Waals surface area (Å²) in [5, 5.41) is 41.6. The lowest BCUT2D eigenvalue weighted by Crippen LogP contribution is -2.47. The Balaban J connectivity index is 0.962. The van der Waals surface area contributed by atoms with Crippen LogP contribution in [0.5, 0.6) is 5.75 Å². The van der Waals surface area contributed by atoms with E-state index < -0.39 is 62.0 Å². The lowest BCUT2D eigenvalue weighted by atomic mass is 9.90. The van der Waals surface area contributed by atoms with Crippen molar-refractivity contribution in [2.45, 2.75) is 61.2 Å². The minimum absolute atomic E-state index is 0.0184. The summed E-state index contributed by atoms with van der Waals surface area (Å²) in [5.41, 5.74) is 2.22. The van der Waals surface area contributed by atoms with Crippen LogP contribution >= 0.6 is 12.2 Å². The number of phenols is 1. The SMILES string of the molecule is O=C(O)CN(CCN(CNC(=O)CCCCCCCCC(=S)Nc1ccc(-c2c3ccc(=O)cc-3oc3cc(O)ccc23)c(C(=O)O)c1)CC(=O)Nc1ccc(S(=O)(=O)O)cc1)CC(=O)Nc1ccc(S(=O)(=O)O)cc1. The molecule has 1 aliphatic heterocycles. The van der Waals surface area contributed by atoms with Crippen LogP contribution in [-0.2, 0) is 39.4 Å². The van der Waals surface area contributed by atoms with Crippen molar-refractivity contribution < 1.29 is 69.7 Å². The van der Waals surface area contributed by atoms with Crippen LogP contribution in [0.1, 0.15) is 61.7 Å². The minimum Gasteiger partial charge on any atom is -0.508 e. The van der Waals surface area contributed by atoms with E-state index in [4.69, 9.17) is 16.6 Å². The molecule has 0 fully saturated rings. The lowest BCUT2D eigenvalue weighted by molar-refractivity contribution is -0.138. The third-order valence-electron chi connectivity index (χ3n) is 11.7. The van der Waals surface area contributed by atoms with E-state index in [0.717, 1.165) is 56.4 Å². The molecule has 2 aliphatic rings. The summed E-state index contributed by atoms with van der Waals surface area (Å²) in [7, 11) is -8.96. The summed E-state index contributed by atoms with van der Waals surface area (Å²) < 4.78 is 70.1. The van der Waals surface area contributed by atoms with E-state index in [1.54, 1.807) is 24.3 Å². The van der Waals surface area contributed by atoms with E-state index in [1.807, 2.05) is 0 Å². The number of benzene rings is 5. The fourth-order valence-electron chi connectivity index (χ4n) is 8.09. The molecule has 0 atom stereocenters. The number of aliphatic carboxylic acids is 1. The average Bonchev–Trinajstić information content (AvgIpc) is 3.34. The third kappa shape index (κ3) is 17.2. The molecule has 0 unspecified atom stereocenters. The van der Waals surface area contributed by atoms with Crippen molar-refractivity contribution in [3.8, 4) is 28.2 Å². The zero-order valence-corrected chi connectivity index (χ0v) is 43.0. The third-order valence-corrected chi connectivity index (χ3v) is 13.8. The Hall–Kier alpha value is -7.65. The van der Waals surface area contributed by atoms with Gasteiger partial charge in [0.15, 0.2) is 5.43 Å². The largest absolute Gasteiger partial charge is 0.508 e. The fourth-order valence-corrected chi connectivity index (χ4v) is 9.31. The molecule has 3 amide bonds. The van der Waals surface area contributed by atoms with Crippen LogP contribution in [0.2, 0.25) is 0 Å². The minimum atomic E-state index is -4.48. The number of nitrogens with one attached hydrogen (secondary N) is 4. The van der Waals surface area contributed by atoms with Crippen molar-refractivity contribution in [3.05, 3.63) is 119 Å². The Kier molecular flexibility index (Phi) is 19.9. The number of aromatic hydroxyl groups is 1. The van der Waals surface area contributed by atoms with Gasteiger partial charge in [-0.25, -0.2) is 4.79 Å². The Bertz CT molecular complexity index is 3370. The maximum Gasteiger partial charge on any atom is 0.336 e. The van der Waals surface area contributed by atoms with E-state index >= 15 is 0 Å². The molecule has 0 spiro atoms. The van der Waals surface area contributed by atoms with Crippen molar-refractivity contribution in [2.24, 2.45) is 0 Å². The maximum absolute atomic E-state index is 13.1. The molecule has 0 saturated carbocycles. The first kappa shape index (κ1) is 57.6. The van der Waals surface area contributed by atoms with E-state index in [9.17, 15) is 70.0 Å². The zero-order chi connectivity index (χ0) is 55.2. The molecule has 0 bridgehead atoms. The van der Waals surface area contributed by atoms with E-state index in [-0.39, 0.29) is 83.0 Å². The first-order valence-electron chi connectivity index (χ1n) is 23.6. The zero-order valence-electron chi connectivity index (χ0n) is 40.6. The van der Waals surface area contributed by atoms with Crippen molar-refractivity contribution >= 4 is 95.1 Å². The van der Waals surface area contributed by atoms with Crippen LogP contribution in [-0.4, -0.2) is 125 Å². The monoisotopic (exact) mass is 1100 g/mol. The quantitative estimate of drug-likeness (QED) is 0.00890. The van der Waals surface area contributed by atoms with Crippen LogP contribution in [0.3, 0.4) is 0 Å². The molecule has 1 heterocycles. The van der Waals surface area contributed by atoms with Crippen LogP contribution in [0, 0.1) is 0 Å². The van der Waals surface area contributed by atoms with E-state index in [2.05, 4.69) is 21.3 Å². The summed E-state index contributed by atoms with van der Waals surface area (Å²) in [6.07, 6.45) is 5.24. The number of unbranched alkanes of at least 4 members (excludes halogenated alkanes) is 5. The van der Waals surface area contributed by atoms with Crippen LogP contribution in [0.25, 0.3) is 33.4 Å². The van der Waals surface area contributed by atoms with Crippen molar-refractivity contribution in [1.29, 1.82) is 0 Å². The second-order valence-electron chi connectivity index (χ2n) is 17.6. The van der Waals surface area contributed by atoms with Crippen LogP contribution < -0.4 is 26.7 Å². The van der Waals surface area contributed by atoms with Gasteiger partial charge in [-0.15, -0.1) is 0 Å². The van der Waals surface area contributed by atoms with Gasteiger partial charge in [-0.1, -0.05) is 44.0 Å². The number of hydrogen-bond donors (Lipinski definition) is 9. The van der Waals surface area contributed by atoms with Gasteiger partial charge in [0, 0.05) is 65.2 Å². The number of carboxylic acids is 2. The summed E-state index contributed by atoms with van der Waals surface area (Å²) in [6, 6.07) is 22.9. The summed E-state index contributed by atoms with van der Waals surface area (Å²) in [4.78, 5) is 78.1. The van der Waals surface area contributed by atoms with Gasteiger partial charge in [0.05, 0.1) is 46.6 Å². The number of carbonyl (C=O) groups is 5. The summed E-state index contributed by atoms with van der Waals surface area (Å²) in [6.45, 7) is -1.59. The van der Waals surface area contributed by atoms with Gasteiger partial charge in [-0.05, 0) is 110 Å². The number of hydrogen-bond acceptors (Lipinski definition) is 15. The number of aromatic carboxylic acids is 1. The molecular formula is C51H54N6O16S3. The van der Waals surface area contributed by atoms with Gasteiger partial charge >= 0.3 is 11.9 Å². The number of thiocarbonyl (C=S) groups is 1. The summed E-state index contributed by atoms with van der Waals surface area (Å²) >= 11 is 5.59. The highest BCUT2D eigenvalue weighted by Gasteiger charge is 2.24. The average molecular weight is 1100 g/mol. The highest BCUT2D eigenvalue weighted by Crippen LogP contribution is 2.42. The highest BCUT2D eigenvalue weighted by atomic mass is 32.2. The molecule has 22 nitrogen and oxygen atoms in total. The highest BCUT2D eigenvalue weighted by molar-refractivity contribution is 7.86. The van der Waals surface area contributed by atoms with Crippen molar-refractivity contribution in [3.63, 3.8) is 0 Å². The van der Waals surface area contributed by atoms with Crippen molar-refractivity contribution in [1.82, 2.24) is 15.1 Å². The number of amides is 3. The number of anilines is 3. The number of nitrogens with zero attached hydrogens (tertiary/aromatic N) is 2. The molecule has 0 radical (unpaired) electrons. The second kappa shape index (κ2) is 26.2. The number of carbonyl (C=O) groups excluding carboxylic acids is 3. The lowest BCUT2D eigenvalue weighted by Gasteiger charge is -2.26. The van der Waals surface area contributed by atoms with E-state index in [1.165, 1.54) is 64.4 Å². The molecule has 76 heavy (non-hydrogen) atoms. The van der Waals surface area contributed by atoms with Crippen molar-refractivity contribution in [2.75, 3.05) is 55.3 Å². The Morgan fingerprint density at radius 2 is 1.12 bits per heavy atom. The predicted octanol–water partition coefficient (Wildman–Crippen LogP) is 6.36. The number of rotatable bonds is 27. The molecule has 9 N–H and O–H groups in total. The fraction of sp³-hybridized carbons (Fsp3) is 0.275. The number of fused-ring (bicyclic) bond motifs is 2. The van der Waals surface area contributed by atoms with Gasteiger partial charge < -0.3 is 41.0 Å². The Morgan fingerprint density at radius 1 is 0.579 bits per heavy atom. The molecule has 6 rings (SSSR count). The van der Waals surface area contributed by atoms with Crippen LogP contribution in [0.4, 0.5) is 17.1 Å². The summed E-state index contributed by atoms with van der Waals surface area (Å²) in [5.74, 6) is -3.83. The van der Waals surface area contributed by atoms with Gasteiger partial charge in [0.25, 0.3) is 20.2 Å². The molecule has 0 saturated heterocycles. The van der Waals surface area contributed by atoms with Crippen LogP contribution in [0.15, 0.2) is 122 Å². The first-order chi connectivity index (χ1) is 36.0. The standard InChI is InChI=1S/C51H54N6O16S3/c58-35-14-21-40-43(26-35)73-44-27-36(59)15-22-41(44)50(40)39-20-13-34(25-42(39)51(65)66)55-48(74)8-6-4-2-1-3-5-7-45(60)52-31-57(29-47(62)54-33-11-18-38(19-12-33)76(70,71)72)24-23-56(30-49(63)64)28-46(61)53-32-9-16-37(17-10-32)75(67,68)69/h9-22,25-27,58H,1-8,23-24,28-31H2,(H,52,60)(H,53,61)(H,54,62)(H,55,74)(H,63,64)(H,65,66)(H,67,68,69)(H,70,71,72). The normalized spacial score (nSPS) is 11.7. The molecule has 25 heteroatoms. The smallest absolute Gasteiger partial charge is 0.336 e.